The van der Waals surface area contributed by atoms with Gasteiger partial charge in [0.2, 0.25) is 0 Å². The van der Waals surface area contributed by atoms with E-state index in [1.165, 1.54) is 6.08 Å². The van der Waals surface area contributed by atoms with Gasteiger partial charge in [-0.2, -0.15) is 4.89 Å². The van der Waals surface area contributed by atoms with Gasteiger partial charge in [-0.25, -0.2) is 9.68 Å². The van der Waals surface area contributed by atoms with E-state index in [0.29, 0.717) is 5.92 Å². The summed E-state index contributed by atoms with van der Waals surface area (Å²) >= 11 is 0. The lowest BCUT2D eigenvalue weighted by Gasteiger charge is -2.39. The van der Waals surface area contributed by atoms with Gasteiger partial charge in [0.25, 0.3) is 0 Å². The number of rotatable bonds is 6. The Morgan fingerprint density at radius 3 is 2.58 bits per heavy atom. The van der Waals surface area contributed by atoms with Crippen molar-refractivity contribution in [1.82, 2.24) is 0 Å². The Morgan fingerprint density at radius 1 is 1.42 bits per heavy atom. The van der Waals surface area contributed by atoms with E-state index in [0.717, 1.165) is 25.7 Å². The maximum Gasteiger partial charge on any atom is 0.542 e. The van der Waals surface area contributed by atoms with E-state index < -0.39 is 6.16 Å². The smallest absolute Gasteiger partial charge is 0.428 e. The van der Waals surface area contributed by atoms with Gasteiger partial charge in [-0.15, -0.1) is 0 Å². The fraction of sp³-hybridized carbons (Fsp3) is 0.786. The molecule has 1 rings (SSSR count). The van der Waals surface area contributed by atoms with Crippen LogP contribution in [-0.4, -0.2) is 18.4 Å². The van der Waals surface area contributed by atoms with E-state index in [-0.39, 0.29) is 18.1 Å². The van der Waals surface area contributed by atoms with Crippen LogP contribution in [0.5, 0.6) is 0 Å². The van der Waals surface area contributed by atoms with E-state index in [2.05, 4.69) is 42.0 Å². The van der Waals surface area contributed by atoms with Crippen LogP contribution in [-0.2, 0) is 19.6 Å². The molecule has 1 aliphatic carbocycles. The summed E-state index contributed by atoms with van der Waals surface area (Å²) in [5.74, 6) is 0.988. The second-order valence-electron chi connectivity index (χ2n) is 5.49. The average molecular weight is 272 g/mol. The summed E-state index contributed by atoms with van der Waals surface area (Å²) in [4.78, 5) is 20.9. The van der Waals surface area contributed by atoms with Gasteiger partial charge < -0.3 is 4.74 Å². The predicted molar refractivity (Wildman–Crippen MR) is 70.0 cm³/mol. The summed E-state index contributed by atoms with van der Waals surface area (Å²) < 4.78 is 4.61. The van der Waals surface area contributed by atoms with Crippen LogP contribution in [0.15, 0.2) is 12.7 Å². The fourth-order valence-electron chi connectivity index (χ4n) is 2.27. The number of hydrogen-bond acceptors (Lipinski definition) is 5. The lowest BCUT2D eigenvalue weighted by atomic mass is 9.74. The minimum Gasteiger partial charge on any atom is -0.428 e. The van der Waals surface area contributed by atoms with Crippen LogP contribution in [0.2, 0.25) is 0 Å². The summed E-state index contributed by atoms with van der Waals surface area (Å²) in [6, 6.07) is 0. The summed E-state index contributed by atoms with van der Waals surface area (Å²) in [7, 11) is 0. The molecule has 0 aromatic heterocycles. The molecule has 0 spiro atoms. The Bertz CT molecular complexity index is 292. The summed E-state index contributed by atoms with van der Waals surface area (Å²) in [6.45, 7) is 9.89. The minimum absolute atomic E-state index is 0.0784. The number of carbonyl (C=O) groups excluding carboxylic acids is 1. The third kappa shape index (κ3) is 4.84. The molecule has 0 radical (unpaired) electrons. The Labute approximate surface area is 114 Å². The van der Waals surface area contributed by atoms with Crippen molar-refractivity contribution in [3.8, 4) is 0 Å². The monoisotopic (exact) mass is 272 g/mol. The molecule has 0 amide bonds. The number of ether oxygens (including phenoxy) is 1. The molecule has 1 aliphatic rings. The second-order valence-corrected chi connectivity index (χ2v) is 5.49. The van der Waals surface area contributed by atoms with Crippen molar-refractivity contribution in [3.05, 3.63) is 12.7 Å². The highest BCUT2D eigenvalue weighted by Crippen LogP contribution is 2.40. The number of carbonyl (C=O) groups is 1. The predicted octanol–water partition coefficient (Wildman–Crippen LogP) is 3.79. The Morgan fingerprint density at radius 2 is 2.05 bits per heavy atom. The molecule has 0 heterocycles. The van der Waals surface area contributed by atoms with Crippen LogP contribution in [0, 0.1) is 11.8 Å². The second kappa shape index (κ2) is 7.50. The molecular weight excluding hydrogens is 248 g/mol. The van der Waals surface area contributed by atoms with Crippen LogP contribution in [0.3, 0.4) is 0 Å². The molecule has 0 atom stereocenters. The first-order chi connectivity index (χ1) is 9.00. The molecule has 0 unspecified atom stereocenters. The first-order valence-electron chi connectivity index (χ1n) is 6.80. The molecule has 0 saturated heterocycles. The van der Waals surface area contributed by atoms with E-state index in [1.54, 1.807) is 0 Å². The molecule has 19 heavy (non-hydrogen) atoms. The van der Waals surface area contributed by atoms with Crippen molar-refractivity contribution in [2.24, 2.45) is 11.8 Å². The van der Waals surface area contributed by atoms with Crippen molar-refractivity contribution in [1.29, 1.82) is 0 Å². The van der Waals surface area contributed by atoms with Gasteiger partial charge in [-0.05, 0) is 42.6 Å². The van der Waals surface area contributed by atoms with Crippen LogP contribution < -0.4 is 0 Å². The van der Waals surface area contributed by atoms with Crippen molar-refractivity contribution in [3.63, 3.8) is 0 Å². The molecule has 110 valence electrons. The van der Waals surface area contributed by atoms with Crippen molar-refractivity contribution < 1.29 is 24.3 Å². The Hall–Kier alpha value is -1.07. The van der Waals surface area contributed by atoms with Gasteiger partial charge in [-0.1, -0.05) is 33.4 Å². The van der Waals surface area contributed by atoms with Gasteiger partial charge in [0.15, 0.2) is 0 Å². The highest BCUT2D eigenvalue weighted by atomic mass is 17.5. The van der Waals surface area contributed by atoms with E-state index in [1.807, 2.05) is 0 Å². The highest BCUT2D eigenvalue weighted by Gasteiger charge is 2.40. The average Bonchev–Trinajstić information content (AvgIpc) is 2.38. The normalized spacial score (nSPS) is 27.1. The molecule has 5 nitrogen and oxygen atoms in total. The minimum atomic E-state index is -0.928. The molecule has 0 N–H and O–H groups in total. The summed E-state index contributed by atoms with van der Waals surface area (Å²) in [5, 5.41) is 4.62. The maximum absolute atomic E-state index is 11.1. The highest BCUT2D eigenvalue weighted by molar-refractivity contribution is 5.59. The van der Waals surface area contributed by atoms with E-state index in [4.69, 9.17) is 4.89 Å². The van der Waals surface area contributed by atoms with Gasteiger partial charge in [-0.3, -0.25) is 0 Å². The van der Waals surface area contributed by atoms with Gasteiger partial charge >= 0.3 is 6.16 Å². The zero-order valence-electron chi connectivity index (χ0n) is 12.0. The fourth-order valence-corrected chi connectivity index (χ4v) is 2.27. The Balaban J connectivity index is 2.38. The first-order valence-corrected chi connectivity index (χ1v) is 6.80. The maximum atomic E-state index is 11.1. The summed E-state index contributed by atoms with van der Waals surface area (Å²) in [6.07, 6.45) is 4.49. The lowest BCUT2D eigenvalue weighted by molar-refractivity contribution is -0.528. The van der Waals surface area contributed by atoms with Gasteiger partial charge in [0.05, 0.1) is 0 Å². The van der Waals surface area contributed by atoms with Gasteiger partial charge in [0, 0.05) is 0 Å². The van der Waals surface area contributed by atoms with Gasteiger partial charge in [0.1, 0.15) is 12.2 Å². The topological polar surface area (TPSA) is 54.0 Å². The van der Waals surface area contributed by atoms with Crippen LogP contribution in [0.1, 0.15) is 46.5 Å². The third-order valence-corrected chi connectivity index (χ3v) is 3.79. The molecule has 1 saturated carbocycles. The first kappa shape index (κ1) is 16.0. The Kier molecular flexibility index (Phi) is 6.31. The van der Waals surface area contributed by atoms with E-state index >= 15 is 0 Å². The zero-order valence-corrected chi connectivity index (χ0v) is 12.0. The molecule has 0 aliphatic heterocycles. The SMILES string of the molecule is C=CCOC(=O)OOOC1(C(C)C)CCC(C)CC1. The van der Waals surface area contributed by atoms with Crippen LogP contribution in [0.25, 0.3) is 0 Å². The summed E-state index contributed by atoms with van der Waals surface area (Å²) in [5.41, 5.74) is -0.384. The van der Waals surface area contributed by atoms with Crippen molar-refractivity contribution >= 4 is 6.16 Å². The van der Waals surface area contributed by atoms with Crippen LogP contribution >= 0.6 is 0 Å². The molecule has 0 aromatic carbocycles. The van der Waals surface area contributed by atoms with Crippen molar-refractivity contribution in [2.45, 2.75) is 52.1 Å². The molecule has 1 fully saturated rings. The largest absolute Gasteiger partial charge is 0.542 e. The molecule has 5 heteroatoms. The molecular formula is C14H24O5. The molecule has 0 aromatic rings. The standard InChI is InChI=1S/C14H24O5/c1-5-10-16-13(15)17-19-18-14(11(2)3)8-6-12(4)7-9-14/h5,11-12H,1,6-10H2,2-4H3. The number of hydrogen-bond donors (Lipinski definition) is 0. The third-order valence-electron chi connectivity index (χ3n) is 3.79. The lowest BCUT2D eigenvalue weighted by Crippen LogP contribution is -2.42. The molecule has 0 bridgehead atoms. The quantitative estimate of drug-likeness (QED) is 0.318. The van der Waals surface area contributed by atoms with E-state index in [9.17, 15) is 4.79 Å². The van der Waals surface area contributed by atoms with Crippen molar-refractivity contribution in [2.75, 3.05) is 6.61 Å². The zero-order chi connectivity index (χ0) is 14.3. The van der Waals surface area contributed by atoms with Crippen LogP contribution in [0.4, 0.5) is 4.79 Å².